The molecule has 1 unspecified atom stereocenters. The van der Waals surface area contributed by atoms with Gasteiger partial charge < -0.3 is 25.3 Å². The summed E-state index contributed by atoms with van der Waals surface area (Å²) < 4.78 is 5.85. The number of benzene rings is 2. The van der Waals surface area contributed by atoms with Crippen LogP contribution < -0.4 is 10.1 Å². The number of hydrogen-bond donors (Lipinski definition) is 4. The zero-order valence-electron chi connectivity index (χ0n) is 21.9. The molecule has 1 aliphatic heterocycles. The van der Waals surface area contributed by atoms with Gasteiger partial charge in [-0.05, 0) is 58.6 Å². The Morgan fingerprint density at radius 3 is 2.67 bits per heavy atom. The molecule has 39 heavy (non-hydrogen) atoms. The van der Waals surface area contributed by atoms with Crippen molar-refractivity contribution in [2.24, 2.45) is 0 Å². The fraction of sp³-hybridized carbons (Fsp3) is 0.300. The fourth-order valence-corrected chi connectivity index (χ4v) is 6.51. The summed E-state index contributed by atoms with van der Waals surface area (Å²) in [6.45, 7) is 5.97. The lowest BCUT2D eigenvalue weighted by Crippen LogP contribution is -2.41. The molecule has 4 N–H and O–H groups in total. The number of rotatable bonds is 3. The molecule has 0 saturated carbocycles. The van der Waals surface area contributed by atoms with E-state index in [-0.39, 0.29) is 45.6 Å². The monoisotopic (exact) mass is 546 g/mol. The van der Waals surface area contributed by atoms with E-state index in [0.717, 1.165) is 35.9 Å². The van der Waals surface area contributed by atoms with Crippen LogP contribution in [0.3, 0.4) is 0 Å². The van der Waals surface area contributed by atoms with Gasteiger partial charge in [-0.2, -0.15) is 0 Å². The molecule has 2 atom stereocenters. The van der Waals surface area contributed by atoms with Crippen LogP contribution in [0.4, 0.5) is 0 Å². The molecule has 0 amide bonds. The number of aryl methyl sites for hydroxylation is 1. The largest absolute Gasteiger partial charge is 0.507 e. The molecule has 2 heterocycles. The number of allylic oxidation sites excluding steroid dienone is 4. The van der Waals surface area contributed by atoms with Crippen LogP contribution in [0, 0.1) is 6.92 Å². The van der Waals surface area contributed by atoms with E-state index in [1.807, 2.05) is 18.2 Å². The molecule has 3 aromatic rings. The number of nitrogens with one attached hydrogen (secondary N) is 2. The zero-order chi connectivity index (χ0) is 28.0. The van der Waals surface area contributed by atoms with Crippen molar-refractivity contribution in [3.8, 4) is 17.2 Å². The highest BCUT2D eigenvalue weighted by Crippen LogP contribution is 2.57. The summed E-state index contributed by atoms with van der Waals surface area (Å²) in [5.74, 6) is -2.44. The molecule has 9 heteroatoms. The molecule has 200 valence electrons. The van der Waals surface area contributed by atoms with Gasteiger partial charge in [0, 0.05) is 28.4 Å². The summed E-state index contributed by atoms with van der Waals surface area (Å²) in [5, 5.41) is 26.7. The standard InChI is InChI=1S/C30H27ClN2O6/c1-12-26(36)22(14(3)34)28-23(27(12)37)30(4)20(39-28)11-19(35)21(29(30)38)13(2)32-18-10-6-8-16-15-7-5-9-17(31)24(15)33-25(16)18/h5,7,9,11,18,32-33,36-37H,6,8,10H2,1-4H3/b21-13+/t18?,30-/m1/s1. The van der Waals surface area contributed by atoms with Crippen LogP contribution in [0.1, 0.15) is 72.4 Å². The molecular weight excluding hydrogens is 520 g/mol. The summed E-state index contributed by atoms with van der Waals surface area (Å²) in [6, 6.07) is 5.61. The van der Waals surface area contributed by atoms with Gasteiger partial charge in [0.1, 0.15) is 34.0 Å². The van der Waals surface area contributed by atoms with Gasteiger partial charge in [0.2, 0.25) is 0 Å². The number of ketones is 3. The number of hydrogen-bond acceptors (Lipinski definition) is 7. The molecule has 0 radical (unpaired) electrons. The highest BCUT2D eigenvalue weighted by atomic mass is 35.5. The number of aromatic nitrogens is 1. The van der Waals surface area contributed by atoms with Crippen LogP contribution in [0.15, 0.2) is 41.3 Å². The summed E-state index contributed by atoms with van der Waals surface area (Å²) >= 11 is 6.44. The van der Waals surface area contributed by atoms with Crippen molar-refractivity contribution in [2.45, 2.75) is 58.4 Å². The SMILES string of the molecule is CC(=O)c1c(O)c(C)c(O)c2c1OC1=CC(=O)/C(=C(/C)NC3CCCc4c3[nH]c3c(Cl)cccc43)C(=O)[C@]12C. The number of phenolic OH excluding ortho intramolecular Hbond substituents is 2. The van der Waals surface area contributed by atoms with E-state index in [9.17, 15) is 24.6 Å². The molecular formula is C30H27ClN2O6. The van der Waals surface area contributed by atoms with Crippen LogP contribution in [0.5, 0.6) is 17.2 Å². The molecule has 0 fully saturated rings. The predicted octanol–water partition coefficient (Wildman–Crippen LogP) is 5.37. The molecule has 0 saturated heterocycles. The third-order valence-corrected chi connectivity index (χ3v) is 8.66. The number of phenols is 2. The first kappa shape index (κ1) is 25.2. The Balaban J connectivity index is 1.45. The second-order valence-corrected chi connectivity index (χ2v) is 11.1. The van der Waals surface area contributed by atoms with E-state index in [4.69, 9.17) is 16.3 Å². The first-order chi connectivity index (χ1) is 18.5. The maximum Gasteiger partial charge on any atom is 0.194 e. The van der Waals surface area contributed by atoms with Gasteiger partial charge in [0.05, 0.1) is 27.7 Å². The third-order valence-electron chi connectivity index (χ3n) is 8.34. The highest BCUT2D eigenvalue weighted by Gasteiger charge is 2.56. The number of halogens is 1. The molecule has 8 nitrogen and oxygen atoms in total. The van der Waals surface area contributed by atoms with Gasteiger partial charge in [-0.15, -0.1) is 0 Å². The number of aromatic amines is 1. The van der Waals surface area contributed by atoms with E-state index >= 15 is 0 Å². The van der Waals surface area contributed by atoms with Crippen molar-refractivity contribution in [3.05, 3.63) is 74.3 Å². The van der Waals surface area contributed by atoms with Crippen molar-refractivity contribution in [1.29, 1.82) is 0 Å². The highest BCUT2D eigenvalue weighted by molar-refractivity contribution is 6.35. The molecule has 2 aromatic carbocycles. The molecule has 2 aliphatic carbocycles. The van der Waals surface area contributed by atoms with E-state index in [1.54, 1.807) is 13.8 Å². The number of carbonyl (C=O) groups is 3. The maximum absolute atomic E-state index is 14.1. The lowest BCUT2D eigenvalue weighted by atomic mass is 9.70. The van der Waals surface area contributed by atoms with Gasteiger partial charge in [-0.1, -0.05) is 23.7 Å². The topological polar surface area (TPSA) is 129 Å². The van der Waals surface area contributed by atoms with Gasteiger partial charge in [-0.3, -0.25) is 14.4 Å². The number of carbonyl (C=O) groups excluding carboxylic acids is 3. The van der Waals surface area contributed by atoms with Crippen LogP contribution in [0.25, 0.3) is 10.9 Å². The van der Waals surface area contributed by atoms with E-state index in [1.165, 1.54) is 25.5 Å². The minimum Gasteiger partial charge on any atom is -0.507 e. The average Bonchev–Trinajstić information content (AvgIpc) is 3.40. The van der Waals surface area contributed by atoms with E-state index in [2.05, 4.69) is 10.3 Å². The first-order valence-corrected chi connectivity index (χ1v) is 13.2. The van der Waals surface area contributed by atoms with Crippen LogP contribution in [-0.4, -0.2) is 32.5 Å². The smallest absolute Gasteiger partial charge is 0.194 e. The van der Waals surface area contributed by atoms with Crippen molar-refractivity contribution in [3.63, 3.8) is 0 Å². The van der Waals surface area contributed by atoms with E-state index in [0.29, 0.717) is 10.7 Å². The number of H-pyrrole nitrogens is 1. The number of Topliss-reactive ketones (excluding diaryl/α,β-unsaturated/α-hetero) is 2. The summed E-state index contributed by atoms with van der Waals surface area (Å²) in [7, 11) is 0. The van der Waals surface area contributed by atoms with Crippen molar-refractivity contribution < 1.29 is 29.3 Å². The quantitative estimate of drug-likeness (QED) is 0.197. The van der Waals surface area contributed by atoms with Crippen LogP contribution in [-0.2, 0) is 21.4 Å². The summed E-state index contributed by atoms with van der Waals surface area (Å²) in [6.07, 6.45) is 3.83. The second kappa shape index (κ2) is 8.48. The maximum atomic E-state index is 14.1. The second-order valence-electron chi connectivity index (χ2n) is 10.7. The van der Waals surface area contributed by atoms with E-state index < -0.39 is 28.5 Å². The van der Waals surface area contributed by atoms with Crippen molar-refractivity contribution >= 4 is 39.9 Å². The Kier molecular flexibility index (Phi) is 5.49. The summed E-state index contributed by atoms with van der Waals surface area (Å²) in [5.41, 5.74) is 1.80. The minimum atomic E-state index is -1.55. The normalized spacial score (nSPS) is 23.1. The van der Waals surface area contributed by atoms with Crippen LogP contribution in [0.2, 0.25) is 5.02 Å². The van der Waals surface area contributed by atoms with Gasteiger partial charge in [0.15, 0.2) is 17.3 Å². The predicted molar refractivity (Wildman–Crippen MR) is 145 cm³/mol. The van der Waals surface area contributed by atoms with Gasteiger partial charge in [-0.25, -0.2) is 0 Å². The molecule has 6 rings (SSSR count). The molecule has 0 bridgehead atoms. The number of para-hydroxylation sites is 1. The summed E-state index contributed by atoms with van der Waals surface area (Å²) in [4.78, 5) is 43.3. The fourth-order valence-electron chi connectivity index (χ4n) is 6.29. The Labute approximate surface area is 229 Å². The first-order valence-electron chi connectivity index (χ1n) is 12.8. The molecule has 3 aliphatic rings. The Morgan fingerprint density at radius 1 is 1.21 bits per heavy atom. The van der Waals surface area contributed by atoms with Gasteiger partial charge in [0.25, 0.3) is 0 Å². The number of ether oxygens (including phenoxy) is 1. The number of fused-ring (bicyclic) bond motifs is 6. The molecule has 0 spiro atoms. The Bertz CT molecular complexity index is 1730. The zero-order valence-corrected chi connectivity index (χ0v) is 22.7. The van der Waals surface area contributed by atoms with Crippen molar-refractivity contribution in [1.82, 2.24) is 10.3 Å². The Hall–Kier alpha value is -4.04. The van der Waals surface area contributed by atoms with Crippen LogP contribution >= 0.6 is 11.6 Å². The lowest BCUT2D eigenvalue weighted by molar-refractivity contribution is -0.123. The third kappa shape index (κ3) is 3.34. The lowest BCUT2D eigenvalue weighted by Gasteiger charge is -2.30. The van der Waals surface area contributed by atoms with Gasteiger partial charge >= 0.3 is 0 Å². The van der Waals surface area contributed by atoms with Crippen molar-refractivity contribution in [2.75, 3.05) is 0 Å². The Morgan fingerprint density at radius 2 is 1.95 bits per heavy atom. The molecule has 1 aromatic heterocycles. The number of aromatic hydroxyl groups is 2. The average molecular weight is 547 g/mol. The minimum absolute atomic E-state index is 0.0112.